The molecule has 0 radical (unpaired) electrons. The van der Waals surface area contributed by atoms with Crippen LogP contribution < -0.4 is 5.32 Å². The Morgan fingerprint density at radius 3 is 2.93 bits per heavy atom. The number of nitrogens with one attached hydrogen (secondary N) is 1. The van der Waals surface area contributed by atoms with Crippen LogP contribution >= 0.6 is 11.6 Å². The molecule has 15 heavy (non-hydrogen) atoms. The minimum atomic E-state index is 0.740. The van der Waals surface area contributed by atoms with Gasteiger partial charge in [0, 0.05) is 24.9 Å². The molecule has 82 valence electrons. The van der Waals surface area contributed by atoms with E-state index in [4.69, 9.17) is 16.3 Å². The summed E-state index contributed by atoms with van der Waals surface area (Å²) in [6.45, 7) is 1.48. The van der Waals surface area contributed by atoms with E-state index in [1.807, 2.05) is 18.2 Å². The second-order valence-electron chi connectivity index (χ2n) is 3.14. The summed E-state index contributed by atoms with van der Waals surface area (Å²) in [6.07, 6.45) is 2.79. The van der Waals surface area contributed by atoms with E-state index in [2.05, 4.69) is 17.4 Å². The molecule has 0 saturated heterocycles. The molecule has 1 aromatic carbocycles. The predicted molar refractivity (Wildman–Crippen MR) is 65.5 cm³/mol. The number of methoxy groups -OCH3 is 1. The number of hydrogen-bond donors (Lipinski definition) is 1. The predicted octanol–water partition coefficient (Wildman–Crippen LogP) is 3.04. The molecule has 1 rings (SSSR count). The van der Waals surface area contributed by atoms with Crippen LogP contribution in [0.25, 0.3) is 0 Å². The summed E-state index contributed by atoms with van der Waals surface area (Å²) >= 11 is 5.45. The second-order valence-corrected chi connectivity index (χ2v) is 3.39. The fourth-order valence-electron chi connectivity index (χ4n) is 1.34. The summed E-state index contributed by atoms with van der Waals surface area (Å²) in [7, 11) is 1.71. The molecule has 0 spiro atoms. The first-order valence-electron chi connectivity index (χ1n) is 4.94. The van der Waals surface area contributed by atoms with Crippen molar-refractivity contribution in [3.05, 3.63) is 41.4 Å². The van der Waals surface area contributed by atoms with Crippen LogP contribution in [0.5, 0.6) is 0 Å². The number of benzene rings is 1. The monoisotopic (exact) mass is 225 g/mol. The Morgan fingerprint density at radius 2 is 2.20 bits per heavy atom. The van der Waals surface area contributed by atoms with Gasteiger partial charge in [0.05, 0.1) is 6.61 Å². The zero-order valence-electron chi connectivity index (χ0n) is 8.87. The van der Waals surface area contributed by atoms with Gasteiger partial charge in [-0.1, -0.05) is 35.9 Å². The average molecular weight is 226 g/mol. The smallest absolute Gasteiger partial charge is 0.0503 e. The summed E-state index contributed by atoms with van der Waals surface area (Å²) in [6, 6.07) is 8.22. The van der Waals surface area contributed by atoms with Crippen LogP contribution in [0.15, 0.2) is 35.9 Å². The van der Waals surface area contributed by atoms with E-state index >= 15 is 0 Å². The van der Waals surface area contributed by atoms with Crippen molar-refractivity contribution in [3.8, 4) is 0 Å². The number of halogens is 1. The van der Waals surface area contributed by atoms with Gasteiger partial charge in [-0.15, -0.1) is 0 Å². The van der Waals surface area contributed by atoms with Crippen LogP contribution in [0.3, 0.4) is 0 Å². The summed E-state index contributed by atoms with van der Waals surface area (Å²) < 4.78 is 5.06. The fourth-order valence-corrected chi connectivity index (χ4v) is 1.43. The minimum Gasteiger partial charge on any atom is -0.384 e. The van der Waals surface area contributed by atoms with Crippen LogP contribution in [-0.2, 0) is 11.2 Å². The Bertz CT molecular complexity index is 312. The van der Waals surface area contributed by atoms with Crippen LogP contribution in [0.2, 0.25) is 0 Å². The van der Waals surface area contributed by atoms with Crippen molar-refractivity contribution < 1.29 is 4.74 Å². The average Bonchev–Trinajstić information content (AvgIpc) is 2.28. The van der Waals surface area contributed by atoms with Crippen molar-refractivity contribution in [1.29, 1.82) is 0 Å². The Morgan fingerprint density at radius 1 is 1.40 bits per heavy atom. The third-order valence-electron chi connectivity index (χ3n) is 2.09. The third-order valence-corrected chi connectivity index (χ3v) is 2.27. The standard InChI is InChI=1S/C12H16ClNO/c1-15-10-7-11-5-2-3-6-12(11)14-9-4-8-13/h2-6,8,14H,7,9-10H2,1H3/b8-4+. The van der Waals surface area contributed by atoms with Gasteiger partial charge in [-0.25, -0.2) is 0 Å². The summed E-state index contributed by atoms with van der Waals surface area (Å²) in [5.41, 5.74) is 3.93. The van der Waals surface area contributed by atoms with Crippen LogP contribution in [-0.4, -0.2) is 20.3 Å². The van der Waals surface area contributed by atoms with Crippen molar-refractivity contribution in [3.63, 3.8) is 0 Å². The quantitative estimate of drug-likeness (QED) is 0.804. The van der Waals surface area contributed by atoms with Crippen molar-refractivity contribution in [1.82, 2.24) is 0 Å². The molecular formula is C12H16ClNO. The molecule has 0 aliphatic carbocycles. The Balaban J connectivity index is 2.59. The van der Waals surface area contributed by atoms with Gasteiger partial charge >= 0.3 is 0 Å². The normalized spacial score (nSPS) is 10.8. The molecule has 0 aliphatic heterocycles. The summed E-state index contributed by atoms with van der Waals surface area (Å²) in [4.78, 5) is 0. The number of ether oxygens (including phenoxy) is 1. The van der Waals surface area contributed by atoms with Gasteiger partial charge in [0.2, 0.25) is 0 Å². The molecular weight excluding hydrogens is 210 g/mol. The van der Waals surface area contributed by atoms with Gasteiger partial charge in [0.25, 0.3) is 0 Å². The van der Waals surface area contributed by atoms with Crippen LogP contribution in [0, 0.1) is 0 Å². The van der Waals surface area contributed by atoms with Crippen molar-refractivity contribution in [2.24, 2.45) is 0 Å². The molecule has 0 bridgehead atoms. The lowest BCUT2D eigenvalue weighted by Crippen LogP contribution is -2.03. The van der Waals surface area contributed by atoms with Crippen molar-refractivity contribution >= 4 is 17.3 Å². The van der Waals surface area contributed by atoms with Crippen molar-refractivity contribution in [2.45, 2.75) is 6.42 Å². The number of anilines is 1. The molecule has 0 saturated carbocycles. The Labute approximate surface area is 95.9 Å². The zero-order chi connectivity index (χ0) is 10.9. The van der Waals surface area contributed by atoms with E-state index in [-0.39, 0.29) is 0 Å². The molecule has 0 atom stereocenters. The van der Waals surface area contributed by atoms with Gasteiger partial charge in [-0.05, 0) is 18.1 Å². The highest BCUT2D eigenvalue weighted by molar-refractivity contribution is 6.25. The SMILES string of the molecule is COCCc1ccccc1NC/C=C/Cl. The van der Waals surface area contributed by atoms with E-state index < -0.39 is 0 Å². The van der Waals surface area contributed by atoms with E-state index in [0.29, 0.717) is 0 Å². The highest BCUT2D eigenvalue weighted by atomic mass is 35.5. The van der Waals surface area contributed by atoms with Gasteiger partial charge in [0.15, 0.2) is 0 Å². The Hall–Kier alpha value is -0.990. The molecule has 1 N–H and O–H groups in total. The first kappa shape index (κ1) is 12.1. The minimum absolute atomic E-state index is 0.740. The van der Waals surface area contributed by atoms with Gasteiger partial charge in [0.1, 0.15) is 0 Å². The topological polar surface area (TPSA) is 21.3 Å². The molecule has 2 nitrogen and oxygen atoms in total. The molecule has 0 aromatic heterocycles. The van der Waals surface area contributed by atoms with E-state index in [1.165, 1.54) is 11.1 Å². The highest BCUT2D eigenvalue weighted by Gasteiger charge is 1.99. The lowest BCUT2D eigenvalue weighted by atomic mass is 10.1. The molecule has 1 aromatic rings. The maximum Gasteiger partial charge on any atom is 0.0503 e. The highest BCUT2D eigenvalue weighted by Crippen LogP contribution is 2.15. The lowest BCUT2D eigenvalue weighted by molar-refractivity contribution is 0.202. The molecule has 0 fully saturated rings. The summed E-state index contributed by atoms with van der Waals surface area (Å²) in [5, 5.41) is 3.30. The second kappa shape index (κ2) is 7.32. The van der Waals surface area contributed by atoms with Gasteiger partial charge in [-0.3, -0.25) is 0 Å². The van der Waals surface area contributed by atoms with Crippen LogP contribution in [0.4, 0.5) is 5.69 Å². The summed E-state index contributed by atoms with van der Waals surface area (Å²) in [5.74, 6) is 0. The molecule has 0 heterocycles. The Kier molecular flexibility index (Phi) is 5.90. The van der Waals surface area contributed by atoms with Gasteiger partial charge in [-0.2, -0.15) is 0 Å². The van der Waals surface area contributed by atoms with Crippen LogP contribution in [0.1, 0.15) is 5.56 Å². The molecule has 0 aliphatic rings. The van der Waals surface area contributed by atoms with E-state index in [1.54, 1.807) is 7.11 Å². The first-order valence-corrected chi connectivity index (χ1v) is 5.38. The first-order chi connectivity index (χ1) is 7.38. The van der Waals surface area contributed by atoms with Gasteiger partial charge < -0.3 is 10.1 Å². The third kappa shape index (κ3) is 4.36. The maximum atomic E-state index is 5.45. The fraction of sp³-hybridized carbons (Fsp3) is 0.333. The van der Waals surface area contributed by atoms with E-state index in [0.717, 1.165) is 25.3 Å². The number of rotatable bonds is 6. The molecule has 0 unspecified atom stereocenters. The lowest BCUT2D eigenvalue weighted by Gasteiger charge is -2.09. The maximum absolute atomic E-state index is 5.45. The molecule has 0 amide bonds. The number of para-hydroxylation sites is 1. The molecule has 3 heteroatoms. The largest absolute Gasteiger partial charge is 0.384 e. The van der Waals surface area contributed by atoms with Crippen molar-refractivity contribution in [2.75, 3.05) is 25.6 Å². The zero-order valence-corrected chi connectivity index (χ0v) is 9.63. The van der Waals surface area contributed by atoms with E-state index in [9.17, 15) is 0 Å². The number of hydrogen-bond acceptors (Lipinski definition) is 2.